The first-order valence-corrected chi connectivity index (χ1v) is 9.93. The highest BCUT2D eigenvalue weighted by Crippen LogP contribution is 2.35. The lowest BCUT2D eigenvalue weighted by Gasteiger charge is -2.14. The fourth-order valence-electron chi connectivity index (χ4n) is 2.84. The van der Waals surface area contributed by atoms with Crippen molar-refractivity contribution >= 4 is 17.2 Å². The Bertz CT molecular complexity index is 1030. The van der Waals surface area contributed by atoms with Crippen LogP contribution in [0.1, 0.15) is 34.5 Å². The van der Waals surface area contributed by atoms with Crippen molar-refractivity contribution in [1.29, 1.82) is 0 Å². The maximum absolute atomic E-state index is 13.2. The van der Waals surface area contributed by atoms with E-state index >= 15 is 0 Å². The summed E-state index contributed by atoms with van der Waals surface area (Å²) in [4.78, 5) is 16.5. The average molecular weight is 418 g/mol. The van der Waals surface area contributed by atoms with Gasteiger partial charge in [-0.25, -0.2) is 4.98 Å². The molecule has 8 heteroatoms. The number of carbonyl (C=O) groups excluding carboxylic acids is 1. The lowest BCUT2D eigenvalue weighted by Crippen LogP contribution is -2.25. The van der Waals surface area contributed by atoms with Crippen molar-refractivity contribution < 1.29 is 22.7 Å². The van der Waals surface area contributed by atoms with Crippen molar-refractivity contribution in [3.05, 3.63) is 70.7 Å². The molecule has 3 aromatic rings. The molecule has 0 saturated heterocycles. The second kappa shape index (κ2) is 7.87. The Hall–Kier alpha value is -2.87. The minimum Gasteiger partial charge on any atom is -0.488 e. The summed E-state index contributed by atoms with van der Waals surface area (Å²) in [5.41, 5.74) is 0.297. The summed E-state index contributed by atoms with van der Waals surface area (Å²) in [7, 11) is 0. The fourth-order valence-corrected chi connectivity index (χ4v) is 3.67. The molecule has 2 aromatic carbocycles. The second-order valence-electron chi connectivity index (χ2n) is 6.73. The van der Waals surface area contributed by atoms with Gasteiger partial charge in [0.05, 0.1) is 11.1 Å². The Kier molecular flexibility index (Phi) is 5.27. The number of para-hydroxylation sites is 1. The second-order valence-corrected chi connectivity index (χ2v) is 7.58. The maximum Gasteiger partial charge on any atom is 0.416 e. The summed E-state index contributed by atoms with van der Waals surface area (Å²) < 4.78 is 45.3. The van der Waals surface area contributed by atoms with Crippen molar-refractivity contribution in [2.45, 2.75) is 31.7 Å². The van der Waals surface area contributed by atoms with Gasteiger partial charge < -0.3 is 10.1 Å². The molecule has 0 atom stereocenters. The van der Waals surface area contributed by atoms with Gasteiger partial charge in [-0.15, -0.1) is 11.3 Å². The van der Waals surface area contributed by atoms with Crippen LogP contribution in [-0.2, 0) is 12.8 Å². The highest BCUT2D eigenvalue weighted by atomic mass is 32.1. The van der Waals surface area contributed by atoms with Crippen LogP contribution in [0.15, 0.2) is 53.9 Å². The molecule has 1 aliphatic rings. The van der Waals surface area contributed by atoms with E-state index in [2.05, 4.69) is 10.3 Å². The van der Waals surface area contributed by atoms with Gasteiger partial charge in [-0.1, -0.05) is 30.3 Å². The van der Waals surface area contributed by atoms with Gasteiger partial charge in [0.25, 0.3) is 5.91 Å². The van der Waals surface area contributed by atoms with Gasteiger partial charge in [0.2, 0.25) is 0 Å². The van der Waals surface area contributed by atoms with Gasteiger partial charge in [-0.3, -0.25) is 4.79 Å². The van der Waals surface area contributed by atoms with E-state index in [4.69, 9.17) is 4.74 Å². The molecule has 1 aromatic heterocycles. The molecule has 1 N–H and O–H groups in total. The van der Waals surface area contributed by atoms with Crippen LogP contribution in [0.4, 0.5) is 13.2 Å². The number of carbonyl (C=O) groups is 1. The number of amides is 1. The molecule has 1 heterocycles. The SMILES string of the molecule is O=C(NC1CC1)c1csc(-c2ccccc2OCc2ccccc2C(F)(F)F)n1. The molecule has 0 spiro atoms. The number of thiazole rings is 1. The van der Waals surface area contributed by atoms with Gasteiger partial charge in [-0.05, 0) is 31.0 Å². The first-order chi connectivity index (χ1) is 13.9. The standard InChI is InChI=1S/C21H17F3N2O2S/c22-21(23,24)16-7-3-1-5-13(16)11-28-18-8-4-2-6-15(18)20-26-17(12-29-20)19(27)25-14-9-10-14/h1-8,12,14H,9-11H2,(H,25,27). The summed E-state index contributed by atoms with van der Waals surface area (Å²) in [5.74, 6) is 0.195. The van der Waals surface area contributed by atoms with Crippen LogP contribution in [-0.4, -0.2) is 16.9 Å². The summed E-state index contributed by atoms with van der Waals surface area (Å²) >= 11 is 1.29. The predicted molar refractivity (Wildman–Crippen MR) is 104 cm³/mol. The first-order valence-electron chi connectivity index (χ1n) is 9.05. The monoisotopic (exact) mass is 418 g/mol. The smallest absolute Gasteiger partial charge is 0.416 e. The molecule has 150 valence electrons. The number of hydrogen-bond acceptors (Lipinski definition) is 4. The highest BCUT2D eigenvalue weighted by Gasteiger charge is 2.33. The van der Waals surface area contributed by atoms with E-state index in [0.29, 0.717) is 22.0 Å². The third kappa shape index (κ3) is 4.59. The number of hydrogen-bond donors (Lipinski definition) is 1. The summed E-state index contributed by atoms with van der Waals surface area (Å²) in [6.07, 6.45) is -2.48. The molecule has 1 saturated carbocycles. The van der Waals surface area contributed by atoms with Crippen LogP contribution in [0, 0.1) is 0 Å². The minimum absolute atomic E-state index is 0.0541. The van der Waals surface area contributed by atoms with Crippen molar-refractivity contribution in [3.8, 4) is 16.3 Å². The normalized spacial score (nSPS) is 13.9. The van der Waals surface area contributed by atoms with Gasteiger partial charge in [0.15, 0.2) is 0 Å². The molecule has 4 rings (SSSR count). The Morgan fingerprint density at radius 3 is 2.62 bits per heavy atom. The van der Waals surface area contributed by atoms with E-state index in [1.807, 2.05) is 0 Å². The van der Waals surface area contributed by atoms with Crippen molar-refractivity contribution in [1.82, 2.24) is 10.3 Å². The fraction of sp³-hybridized carbons (Fsp3) is 0.238. The molecule has 1 aliphatic carbocycles. The number of halogens is 3. The topological polar surface area (TPSA) is 51.2 Å². The zero-order valence-electron chi connectivity index (χ0n) is 15.2. The van der Waals surface area contributed by atoms with Crippen LogP contribution in [0.2, 0.25) is 0 Å². The van der Waals surface area contributed by atoms with E-state index in [9.17, 15) is 18.0 Å². The van der Waals surface area contributed by atoms with Gasteiger partial charge in [0.1, 0.15) is 23.1 Å². The van der Waals surface area contributed by atoms with E-state index < -0.39 is 11.7 Å². The zero-order valence-corrected chi connectivity index (χ0v) is 16.0. The molecule has 0 aliphatic heterocycles. The lowest BCUT2D eigenvalue weighted by molar-refractivity contribution is -0.138. The molecule has 1 amide bonds. The first kappa shape index (κ1) is 19.4. The average Bonchev–Trinajstić information content (AvgIpc) is 3.38. The Balaban J connectivity index is 1.54. The van der Waals surface area contributed by atoms with Gasteiger partial charge in [-0.2, -0.15) is 13.2 Å². The van der Waals surface area contributed by atoms with Crippen molar-refractivity contribution in [2.75, 3.05) is 0 Å². The Morgan fingerprint density at radius 1 is 1.14 bits per heavy atom. The maximum atomic E-state index is 13.2. The molecule has 0 unspecified atom stereocenters. The number of ether oxygens (including phenoxy) is 1. The van der Waals surface area contributed by atoms with E-state index in [1.165, 1.54) is 23.5 Å². The third-order valence-electron chi connectivity index (χ3n) is 4.47. The zero-order chi connectivity index (χ0) is 20.4. The van der Waals surface area contributed by atoms with Crippen LogP contribution >= 0.6 is 11.3 Å². The molecule has 0 bridgehead atoms. The molecular weight excluding hydrogens is 401 g/mol. The van der Waals surface area contributed by atoms with Crippen LogP contribution < -0.4 is 10.1 Å². The number of nitrogens with one attached hydrogen (secondary N) is 1. The number of nitrogens with zero attached hydrogens (tertiary/aromatic N) is 1. The van der Waals surface area contributed by atoms with Gasteiger partial charge in [0, 0.05) is 17.0 Å². The van der Waals surface area contributed by atoms with E-state index in [-0.39, 0.29) is 24.1 Å². The molecule has 1 fully saturated rings. The Labute approximate surface area is 169 Å². The minimum atomic E-state index is -4.45. The highest BCUT2D eigenvalue weighted by molar-refractivity contribution is 7.13. The molecular formula is C21H17F3N2O2S. The molecule has 4 nitrogen and oxygen atoms in total. The summed E-state index contributed by atoms with van der Waals surface area (Å²) in [6.45, 7) is -0.229. The van der Waals surface area contributed by atoms with E-state index in [0.717, 1.165) is 18.9 Å². The van der Waals surface area contributed by atoms with Gasteiger partial charge >= 0.3 is 6.18 Å². The van der Waals surface area contributed by atoms with Crippen LogP contribution in [0.3, 0.4) is 0 Å². The number of benzene rings is 2. The van der Waals surface area contributed by atoms with Crippen molar-refractivity contribution in [2.24, 2.45) is 0 Å². The lowest BCUT2D eigenvalue weighted by atomic mass is 10.1. The molecule has 0 radical (unpaired) electrons. The third-order valence-corrected chi connectivity index (χ3v) is 5.35. The van der Waals surface area contributed by atoms with E-state index in [1.54, 1.807) is 35.7 Å². The quantitative estimate of drug-likeness (QED) is 0.591. The summed E-state index contributed by atoms with van der Waals surface area (Å²) in [5, 5.41) is 5.13. The predicted octanol–water partition coefficient (Wildman–Crippen LogP) is 5.30. The Morgan fingerprint density at radius 2 is 1.86 bits per heavy atom. The number of aromatic nitrogens is 1. The molecule has 29 heavy (non-hydrogen) atoms. The summed E-state index contributed by atoms with van der Waals surface area (Å²) in [6, 6.07) is 12.5. The number of rotatable bonds is 6. The van der Waals surface area contributed by atoms with Crippen LogP contribution in [0.25, 0.3) is 10.6 Å². The number of alkyl halides is 3. The van der Waals surface area contributed by atoms with Crippen LogP contribution in [0.5, 0.6) is 5.75 Å². The largest absolute Gasteiger partial charge is 0.488 e. The van der Waals surface area contributed by atoms with Crippen molar-refractivity contribution in [3.63, 3.8) is 0 Å².